The van der Waals surface area contributed by atoms with E-state index in [0.29, 0.717) is 18.7 Å². The Morgan fingerprint density at radius 1 is 1.10 bits per heavy atom. The first-order chi connectivity index (χ1) is 14.0. The second kappa shape index (κ2) is 9.96. The number of nitrogens with one attached hydrogen (secondary N) is 1. The summed E-state index contributed by atoms with van der Waals surface area (Å²) in [5.41, 5.74) is 2.89. The standard InChI is InChI=1S/C23H28F2N2O2/c1-3-17-5-4-6-18(9-17)14-26-15-23(28)22(27-16(2)7-8-29-27)12-19-10-20(24)13-21(25)11-19/h4-11,13,16,22-23,26,28H,3,12,14-15H2,1-2H3/t16?,22-,23+/m0/s1. The Kier molecular flexibility index (Phi) is 7.36. The van der Waals surface area contributed by atoms with Gasteiger partial charge in [-0.05, 0) is 54.7 Å². The van der Waals surface area contributed by atoms with Crippen LogP contribution >= 0.6 is 0 Å². The lowest BCUT2D eigenvalue weighted by Gasteiger charge is -2.33. The Hall–Kier alpha value is -2.28. The lowest BCUT2D eigenvalue weighted by Crippen LogP contribution is -2.49. The molecule has 1 aliphatic rings. The number of rotatable bonds is 9. The molecule has 3 rings (SSSR count). The molecule has 0 aromatic heterocycles. The van der Waals surface area contributed by atoms with E-state index in [-0.39, 0.29) is 12.5 Å². The first-order valence-corrected chi connectivity index (χ1v) is 9.99. The van der Waals surface area contributed by atoms with Crippen LogP contribution in [0, 0.1) is 11.6 Å². The van der Waals surface area contributed by atoms with Crippen LogP contribution in [0.1, 0.15) is 30.5 Å². The summed E-state index contributed by atoms with van der Waals surface area (Å²) >= 11 is 0. The van der Waals surface area contributed by atoms with Gasteiger partial charge in [0.1, 0.15) is 17.9 Å². The van der Waals surface area contributed by atoms with E-state index in [9.17, 15) is 13.9 Å². The first-order valence-electron chi connectivity index (χ1n) is 9.99. The zero-order chi connectivity index (χ0) is 20.8. The molecule has 0 saturated heterocycles. The van der Waals surface area contributed by atoms with Gasteiger partial charge in [-0.2, -0.15) is 0 Å². The highest BCUT2D eigenvalue weighted by molar-refractivity contribution is 5.23. The highest BCUT2D eigenvalue weighted by Crippen LogP contribution is 2.22. The van der Waals surface area contributed by atoms with Crippen molar-refractivity contribution in [2.24, 2.45) is 0 Å². The quantitative estimate of drug-likeness (QED) is 0.671. The summed E-state index contributed by atoms with van der Waals surface area (Å²) in [5.74, 6) is -1.26. The van der Waals surface area contributed by atoms with Crippen LogP contribution < -0.4 is 5.32 Å². The molecule has 0 amide bonds. The molecule has 1 unspecified atom stereocenters. The normalized spacial score (nSPS) is 18.6. The van der Waals surface area contributed by atoms with Gasteiger partial charge < -0.3 is 15.3 Å². The molecule has 0 fully saturated rings. The topological polar surface area (TPSA) is 44.7 Å². The monoisotopic (exact) mass is 402 g/mol. The van der Waals surface area contributed by atoms with Gasteiger partial charge in [0.25, 0.3) is 0 Å². The molecular weight excluding hydrogens is 374 g/mol. The van der Waals surface area contributed by atoms with Crippen molar-refractivity contribution in [2.45, 2.75) is 51.4 Å². The minimum absolute atomic E-state index is 0.0470. The van der Waals surface area contributed by atoms with Crippen molar-refractivity contribution in [3.8, 4) is 0 Å². The fourth-order valence-electron chi connectivity index (χ4n) is 3.61. The Labute approximate surface area is 170 Å². The Morgan fingerprint density at radius 2 is 1.83 bits per heavy atom. The maximum Gasteiger partial charge on any atom is 0.126 e. The molecule has 6 heteroatoms. The molecule has 29 heavy (non-hydrogen) atoms. The summed E-state index contributed by atoms with van der Waals surface area (Å²) in [6, 6.07) is 11.2. The number of hydrogen-bond donors (Lipinski definition) is 2. The van der Waals surface area contributed by atoms with E-state index in [4.69, 9.17) is 4.84 Å². The molecular formula is C23H28F2N2O2. The van der Waals surface area contributed by atoms with Crippen LogP contribution in [0.2, 0.25) is 0 Å². The number of benzene rings is 2. The lowest BCUT2D eigenvalue weighted by atomic mass is 9.99. The number of hydrogen-bond acceptors (Lipinski definition) is 4. The number of aryl methyl sites for hydroxylation is 1. The molecule has 4 nitrogen and oxygen atoms in total. The Bertz CT molecular complexity index is 823. The number of halogens is 2. The summed E-state index contributed by atoms with van der Waals surface area (Å²) in [7, 11) is 0. The van der Waals surface area contributed by atoms with Gasteiger partial charge in [-0.3, -0.25) is 0 Å². The number of hydroxylamine groups is 2. The molecule has 0 spiro atoms. The molecule has 0 aliphatic carbocycles. The van der Waals surface area contributed by atoms with Crippen LogP contribution in [0.25, 0.3) is 0 Å². The molecule has 0 bridgehead atoms. The summed E-state index contributed by atoms with van der Waals surface area (Å²) < 4.78 is 27.2. The average Bonchev–Trinajstić information content (AvgIpc) is 3.11. The zero-order valence-corrected chi connectivity index (χ0v) is 16.8. The van der Waals surface area contributed by atoms with Crippen molar-refractivity contribution >= 4 is 0 Å². The Morgan fingerprint density at radius 3 is 2.48 bits per heavy atom. The summed E-state index contributed by atoms with van der Waals surface area (Å²) in [5, 5.41) is 15.8. The van der Waals surface area contributed by atoms with Crippen molar-refractivity contribution in [2.75, 3.05) is 6.54 Å². The smallest absolute Gasteiger partial charge is 0.126 e. The van der Waals surface area contributed by atoms with Crippen molar-refractivity contribution < 1.29 is 18.7 Å². The average molecular weight is 402 g/mol. The van der Waals surface area contributed by atoms with Gasteiger partial charge in [0.05, 0.1) is 18.2 Å². The molecule has 0 saturated carbocycles. The van der Waals surface area contributed by atoms with Gasteiger partial charge in [0, 0.05) is 19.2 Å². The second-order valence-electron chi connectivity index (χ2n) is 7.46. The van der Waals surface area contributed by atoms with Crippen LogP contribution in [0.5, 0.6) is 0 Å². The van der Waals surface area contributed by atoms with E-state index in [1.165, 1.54) is 17.7 Å². The van der Waals surface area contributed by atoms with E-state index in [1.807, 2.05) is 25.1 Å². The van der Waals surface area contributed by atoms with Crippen molar-refractivity contribution in [1.82, 2.24) is 10.4 Å². The van der Waals surface area contributed by atoms with E-state index in [1.54, 1.807) is 11.3 Å². The minimum atomic E-state index is -0.793. The predicted octanol–water partition coefficient (Wildman–Crippen LogP) is 3.74. The summed E-state index contributed by atoms with van der Waals surface area (Å²) in [6.45, 7) is 5.01. The first kappa shape index (κ1) is 21.4. The van der Waals surface area contributed by atoms with Gasteiger partial charge in [0.15, 0.2) is 0 Å². The predicted molar refractivity (Wildman–Crippen MR) is 109 cm³/mol. The molecule has 0 radical (unpaired) electrons. The summed E-state index contributed by atoms with van der Waals surface area (Å²) in [4.78, 5) is 5.55. The maximum atomic E-state index is 13.6. The van der Waals surface area contributed by atoms with E-state index in [2.05, 4.69) is 24.4 Å². The van der Waals surface area contributed by atoms with Gasteiger partial charge in [-0.1, -0.05) is 31.2 Å². The SMILES string of the molecule is CCc1cccc(CNC[C@@H](O)[C@H](Cc2cc(F)cc(F)c2)N2OC=CC2C)c1. The van der Waals surface area contributed by atoms with Gasteiger partial charge in [-0.15, -0.1) is 5.06 Å². The maximum absolute atomic E-state index is 13.6. The van der Waals surface area contributed by atoms with Gasteiger partial charge in [-0.25, -0.2) is 8.78 Å². The molecule has 1 heterocycles. The molecule has 2 aromatic carbocycles. The largest absolute Gasteiger partial charge is 0.413 e. The third-order valence-electron chi connectivity index (χ3n) is 5.16. The van der Waals surface area contributed by atoms with Crippen LogP contribution in [-0.2, 0) is 24.2 Å². The fourth-order valence-corrected chi connectivity index (χ4v) is 3.61. The van der Waals surface area contributed by atoms with Gasteiger partial charge >= 0.3 is 0 Å². The van der Waals surface area contributed by atoms with Crippen LogP contribution in [0.15, 0.2) is 54.8 Å². The van der Waals surface area contributed by atoms with Crippen LogP contribution in [0.4, 0.5) is 8.78 Å². The zero-order valence-electron chi connectivity index (χ0n) is 16.8. The third-order valence-corrected chi connectivity index (χ3v) is 5.16. The van der Waals surface area contributed by atoms with E-state index < -0.39 is 23.8 Å². The van der Waals surface area contributed by atoms with Crippen LogP contribution in [-0.4, -0.2) is 34.9 Å². The third kappa shape index (κ3) is 5.85. The molecule has 3 atom stereocenters. The van der Waals surface area contributed by atoms with E-state index >= 15 is 0 Å². The summed E-state index contributed by atoms with van der Waals surface area (Å²) in [6.07, 6.45) is 3.88. The Balaban J connectivity index is 1.66. The van der Waals surface area contributed by atoms with Crippen molar-refractivity contribution in [3.05, 3.63) is 83.1 Å². The molecule has 156 valence electrons. The number of nitrogens with zero attached hydrogens (tertiary/aromatic N) is 1. The van der Waals surface area contributed by atoms with Crippen LogP contribution in [0.3, 0.4) is 0 Å². The van der Waals surface area contributed by atoms with Crippen molar-refractivity contribution in [3.63, 3.8) is 0 Å². The molecule has 2 aromatic rings. The number of aliphatic hydroxyl groups excluding tert-OH is 1. The number of aliphatic hydroxyl groups is 1. The fraction of sp³-hybridized carbons (Fsp3) is 0.391. The second-order valence-corrected chi connectivity index (χ2v) is 7.46. The van der Waals surface area contributed by atoms with E-state index in [0.717, 1.165) is 18.1 Å². The molecule has 2 N–H and O–H groups in total. The van der Waals surface area contributed by atoms with Gasteiger partial charge in [0.2, 0.25) is 0 Å². The highest BCUT2D eigenvalue weighted by atomic mass is 19.1. The minimum Gasteiger partial charge on any atom is -0.413 e. The lowest BCUT2D eigenvalue weighted by molar-refractivity contribution is -0.160. The highest BCUT2D eigenvalue weighted by Gasteiger charge is 2.32. The van der Waals surface area contributed by atoms with Crippen molar-refractivity contribution in [1.29, 1.82) is 0 Å². The molecule has 1 aliphatic heterocycles.